The number of amides is 1. The van der Waals surface area contributed by atoms with Crippen LogP contribution in [0.3, 0.4) is 0 Å². The summed E-state index contributed by atoms with van der Waals surface area (Å²) in [4.78, 5) is 12.0. The van der Waals surface area contributed by atoms with Crippen LogP contribution in [0.4, 0.5) is 0 Å². The van der Waals surface area contributed by atoms with Crippen LogP contribution in [0.1, 0.15) is 27.9 Å². The third-order valence-electron chi connectivity index (χ3n) is 2.98. The number of rotatable bonds is 5. The first-order valence-electron chi connectivity index (χ1n) is 6.45. The van der Waals surface area contributed by atoms with E-state index in [1.165, 1.54) is 0 Å². The lowest BCUT2D eigenvalue weighted by molar-refractivity contribution is 0.0953. The van der Waals surface area contributed by atoms with Gasteiger partial charge in [-0.3, -0.25) is 9.48 Å². The molecule has 2 rings (SSSR count). The second-order valence-electron chi connectivity index (χ2n) is 4.54. The van der Waals surface area contributed by atoms with Crippen LogP contribution in [-0.2, 0) is 13.5 Å². The molecule has 20 heavy (non-hydrogen) atoms. The third kappa shape index (κ3) is 3.45. The Bertz CT molecular complexity index is 639. The number of nitriles is 1. The molecule has 0 aliphatic carbocycles. The second-order valence-corrected chi connectivity index (χ2v) is 4.54. The van der Waals surface area contributed by atoms with Crippen molar-refractivity contribution in [3.8, 4) is 6.07 Å². The van der Waals surface area contributed by atoms with Gasteiger partial charge >= 0.3 is 0 Å². The molecule has 2 aromatic rings. The molecule has 1 N–H and O–H groups in total. The van der Waals surface area contributed by atoms with Crippen LogP contribution < -0.4 is 5.32 Å². The molecule has 0 spiro atoms. The maximum Gasteiger partial charge on any atom is 0.252 e. The molecule has 5 nitrogen and oxygen atoms in total. The molecule has 1 amide bonds. The van der Waals surface area contributed by atoms with E-state index < -0.39 is 0 Å². The largest absolute Gasteiger partial charge is 0.352 e. The highest BCUT2D eigenvalue weighted by Gasteiger charge is 2.09. The summed E-state index contributed by atoms with van der Waals surface area (Å²) in [5, 5.41) is 15.9. The van der Waals surface area contributed by atoms with Crippen molar-refractivity contribution in [2.75, 3.05) is 6.54 Å². The molecular formula is C15H16N4O. The predicted octanol–water partition coefficient (Wildman–Crippen LogP) is 1.65. The highest BCUT2D eigenvalue weighted by Crippen LogP contribution is 2.07. The molecule has 0 bridgehead atoms. The first-order valence-corrected chi connectivity index (χ1v) is 6.45. The predicted molar refractivity (Wildman–Crippen MR) is 75.0 cm³/mol. The first-order chi connectivity index (χ1) is 9.70. The number of hydrogen-bond donors (Lipinski definition) is 1. The van der Waals surface area contributed by atoms with Crippen LogP contribution in [-0.4, -0.2) is 22.2 Å². The molecule has 0 fully saturated rings. The van der Waals surface area contributed by atoms with E-state index in [0.29, 0.717) is 17.7 Å². The zero-order valence-corrected chi connectivity index (χ0v) is 11.3. The summed E-state index contributed by atoms with van der Waals surface area (Å²) in [5.41, 5.74) is 1.98. The standard InChI is InChI=1S/C15H16N4O/c1-19-11-12(10-18-19)5-4-8-17-15(20)14-7-3-2-6-13(14)9-16/h2-3,6-7,10-11H,4-5,8H2,1H3,(H,17,20). The van der Waals surface area contributed by atoms with Gasteiger partial charge in [-0.25, -0.2) is 0 Å². The molecule has 1 aromatic carbocycles. The Kier molecular flexibility index (Phi) is 4.51. The number of hydrogen-bond acceptors (Lipinski definition) is 3. The SMILES string of the molecule is Cn1cc(CCCNC(=O)c2ccccc2C#N)cn1. The third-order valence-corrected chi connectivity index (χ3v) is 2.98. The fourth-order valence-electron chi connectivity index (χ4n) is 1.97. The average molecular weight is 268 g/mol. The Morgan fingerprint density at radius 2 is 2.25 bits per heavy atom. The van der Waals surface area contributed by atoms with Gasteiger partial charge in [0.2, 0.25) is 0 Å². The minimum absolute atomic E-state index is 0.201. The first kappa shape index (κ1) is 13.8. The zero-order chi connectivity index (χ0) is 14.4. The number of benzene rings is 1. The number of nitrogens with zero attached hydrogens (tertiary/aromatic N) is 3. The lowest BCUT2D eigenvalue weighted by Crippen LogP contribution is -2.25. The number of carbonyl (C=O) groups is 1. The van der Waals surface area contributed by atoms with Crippen molar-refractivity contribution in [2.45, 2.75) is 12.8 Å². The van der Waals surface area contributed by atoms with Crippen molar-refractivity contribution in [3.05, 3.63) is 53.3 Å². The Hall–Kier alpha value is -2.61. The Labute approximate surface area is 117 Å². The van der Waals surface area contributed by atoms with E-state index in [1.807, 2.05) is 25.5 Å². The van der Waals surface area contributed by atoms with E-state index in [1.54, 1.807) is 28.9 Å². The van der Waals surface area contributed by atoms with Crippen LogP contribution in [0, 0.1) is 11.3 Å². The molecule has 0 saturated carbocycles. The van der Waals surface area contributed by atoms with Crippen LogP contribution in [0.2, 0.25) is 0 Å². The van der Waals surface area contributed by atoms with Crippen molar-refractivity contribution in [3.63, 3.8) is 0 Å². The summed E-state index contributed by atoms with van der Waals surface area (Å²) in [6, 6.07) is 8.83. The molecule has 0 radical (unpaired) electrons. The summed E-state index contributed by atoms with van der Waals surface area (Å²) in [6.07, 6.45) is 5.50. The van der Waals surface area contributed by atoms with Gasteiger partial charge in [-0.15, -0.1) is 0 Å². The summed E-state index contributed by atoms with van der Waals surface area (Å²) < 4.78 is 1.76. The maximum absolute atomic E-state index is 12.0. The van der Waals surface area contributed by atoms with Gasteiger partial charge in [0, 0.05) is 19.8 Å². The second kappa shape index (κ2) is 6.53. The molecule has 1 heterocycles. The van der Waals surface area contributed by atoms with E-state index in [9.17, 15) is 4.79 Å². The molecule has 0 aliphatic rings. The summed E-state index contributed by atoms with van der Waals surface area (Å²) in [5.74, 6) is -0.201. The Morgan fingerprint density at radius 3 is 2.95 bits per heavy atom. The summed E-state index contributed by atoms with van der Waals surface area (Å²) in [6.45, 7) is 0.577. The highest BCUT2D eigenvalue weighted by atomic mass is 16.1. The number of aryl methyl sites for hydroxylation is 2. The number of nitrogens with one attached hydrogen (secondary N) is 1. The van der Waals surface area contributed by atoms with E-state index in [2.05, 4.69) is 10.4 Å². The molecule has 0 atom stereocenters. The summed E-state index contributed by atoms with van der Waals surface area (Å²) in [7, 11) is 1.88. The molecule has 102 valence electrons. The number of carbonyl (C=O) groups excluding carboxylic acids is 1. The van der Waals surface area contributed by atoms with E-state index >= 15 is 0 Å². The molecule has 5 heteroatoms. The van der Waals surface area contributed by atoms with E-state index in [0.717, 1.165) is 18.4 Å². The van der Waals surface area contributed by atoms with Gasteiger partial charge in [0.25, 0.3) is 5.91 Å². The summed E-state index contributed by atoms with van der Waals surface area (Å²) >= 11 is 0. The normalized spacial score (nSPS) is 10.0. The van der Waals surface area contributed by atoms with Crippen LogP contribution in [0.25, 0.3) is 0 Å². The quantitative estimate of drug-likeness (QED) is 0.838. The smallest absolute Gasteiger partial charge is 0.252 e. The molecule has 1 aromatic heterocycles. The average Bonchev–Trinajstić information content (AvgIpc) is 2.89. The molecule has 0 aliphatic heterocycles. The monoisotopic (exact) mass is 268 g/mol. The van der Waals surface area contributed by atoms with Crippen molar-refractivity contribution >= 4 is 5.91 Å². The minimum Gasteiger partial charge on any atom is -0.352 e. The van der Waals surface area contributed by atoms with Gasteiger partial charge in [-0.05, 0) is 30.5 Å². The fraction of sp³-hybridized carbons (Fsp3) is 0.267. The van der Waals surface area contributed by atoms with Gasteiger partial charge in [-0.1, -0.05) is 12.1 Å². The zero-order valence-electron chi connectivity index (χ0n) is 11.3. The van der Waals surface area contributed by atoms with Crippen molar-refractivity contribution in [1.29, 1.82) is 5.26 Å². The molecule has 0 unspecified atom stereocenters. The van der Waals surface area contributed by atoms with Gasteiger partial charge in [0.15, 0.2) is 0 Å². The topological polar surface area (TPSA) is 70.7 Å². The van der Waals surface area contributed by atoms with E-state index in [4.69, 9.17) is 5.26 Å². The highest BCUT2D eigenvalue weighted by molar-refractivity contribution is 5.96. The lowest BCUT2D eigenvalue weighted by atomic mass is 10.1. The van der Waals surface area contributed by atoms with Crippen LogP contribution >= 0.6 is 0 Å². The van der Waals surface area contributed by atoms with Gasteiger partial charge < -0.3 is 5.32 Å². The number of aromatic nitrogens is 2. The van der Waals surface area contributed by atoms with E-state index in [-0.39, 0.29) is 5.91 Å². The maximum atomic E-state index is 12.0. The minimum atomic E-state index is -0.201. The van der Waals surface area contributed by atoms with Gasteiger partial charge in [0.05, 0.1) is 23.4 Å². The van der Waals surface area contributed by atoms with Gasteiger partial charge in [0.1, 0.15) is 0 Å². The lowest BCUT2D eigenvalue weighted by Gasteiger charge is -2.05. The van der Waals surface area contributed by atoms with Crippen molar-refractivity contribution in [1.82, 2.24) is 15.1 Å². The Morgan fingerprint density at radius 1 is 1.45 bits per heavy atom. The van der Waals surface area contributed by atoms with Crippen LogP contribution in [0.5, 0.6) is 0 Å². The van der Waals surface area contributed by atoms with Crippen LogP contribution in [0.15, 0.2) is 36.7 Å². The Balaban J connectivity index is 1.82. The van der Waals surface area contributed by atoms with Crippen molar-refractivity contribution in [2.24, 2.45) is 7.05 Å². The van der Waals surface area contributed by atoms with Crippen molar-refractivity contribution < 1.29 is 4.79 Å². The molecule has 0 saturated heterocycles. The van der Waals surface area contributed by atoms with Gasteiger partial charge in [-0.2, -0.15) is 10.4 Å². The molecular weight excluding hydrogens is 252 g/mol. The fourth-order valence-corrected chi connectivity index (χ4v) is 1.97.